The summed E-state index contributed by atoms with van der Waals surface area (Å²) in [6.45, 7) is 10.3. The molecule has 2 saturated carbocycles. The van der Waals surface area contributed by atoms with E-state index in [1.165, 1.54) is 30.4 Å². The predicted octanol–water partition coefficient (Wildman–Crippen LogP) is 4.69. The zero-order chi connectivity index (χ0) is 16.3. The van der Waals surface area contributed by atoms with E-state index in [1.54, 1.807) is 0 Å². The fourth-order valence-corrected chi connectivity index (χ4v) is 5.28. The fraction of sp³-hybridized carbons (Fsp3) is 0.700. The Morgan fingerprint density at radius 2 is 1.91 bits per heavy atom. The molecule has 0 spiro atoms. The molecule has 0 aliphatic heterocycles. The molecule has 1 aromatic carbocycles. The number of benzene rings is 1. The highest BCUT2D eigenvalue weighted by Crippen LogP contribution is 2.71. The molecule has 1 aromatic rings. The van der Waals surface area contributed by atoms with Crippen LogP contribution in [-0.2, 0) is 6.54 Å². The lowest BCUT2D eigenvalue weighted by atomic mass is 9.64. The van der Waals surface area contributed by atoms with Gasteiger partial charge in [-0.1, -0.05) is 38.5 Å². The van der Waals surface area contributed by atoms with Crippen LogP contribution in [0, 0.1) is 23.7 Å². The molecular weight excluding hydrogens is 270 g/mol. The fourth-order valence-electron chi connectivity index (χ4n) is 5.28. The molecule has 22 heavy (non-hydrogen) atoms. The first kappa shape index (κ1) is 15.9. The van der Waals surface area contributed by atoms with Crippen LogP contribution >= 0.6 is 0 Å². The Morgan fingerprint density at radius 1 is 1.23 bits per heavy atom. The quantitative estimate of drug-likeness (QED) is 0.875. The van der Waals surface area contributed by atoms with Crippen molar-refractivity contribution >= 4 is 0 Å². The third-order valence-electron chi connectivity index (χ3n) is 7.02. The average molecular weight is 301 g/mol. The topological polar surface area (TPSA) is 23.5 Å². The highest BCUT2D eigenvalue weighted by Gasteiger charge is 2.61. The highest BCUT2D eigenvalue weighted by atomic mass is 16.3. The van der Waals surface area contributed by atoms with Gasteiger partial charge in [-0.15, -0.1) is 0 Å². The molecule has 122 valence electrons. The van der Waals surface area contributed by atoms with Crippen molar-refractivity contribution < 1.29 is 5.11 Å². The maximum absolute atomic E-state index is 10.9. The molecule has 2 bridgehead atoms. The van der Waals surface area contributed by atoms with Crippen LogP contribution in [-0.4, -0.2) is 24.1 Å². The number of phenolic OH excluding ortho intramolecular Hbond substituents is 1. The average Bonchev–Trinajstić information content (AvgIpc) is 2.74. The molecule has 2 heteroatoms. The smallest absolute Gasteiger partial charge is 0.123 e. The summed E-state index contributed by atoms with van der Waals surface area (Å²) < 4.78 is 0. The molecule has 0 radical (unpaired) electrons. The van der Waals surface area contributed by atoms with Crippen molar-refractivity contribution in [2.75, 3.05) is 14.1 Å². The van der Waals surface area contributed by atoms with Gasteiger partial charge in [0.15, 0.2) is 0 Å². The molecule has 0 aromatic heterocycles. The van der Waals surface area contributed by atoms with Crippen LogP contribution in [0.25, 0.3) is 0 Å². The van der Waals surface area contributed by atoms with Crippen molar-refractivity contribution in [3.8, 4) is 5.75 Å². The molecule has 3 unspecified atom stereocenters. The lowest BCUT2D eigenvalue weighted by molar-refractivity contribution is 0.133. The normalized spacial score (nSPS) is 32.9. The third kappa shape index (κ3) is 2.11. The van der Waals surface area contributed by atoms with Crippen molar-refractivity contribution in [1.82, 2.24) is 4.90 Å². The van der Waals surface area contributed by atoms with Gasteiger partial charge in [0.2, 0.25) is 0 Å². The Bertz CT molecular complexity index is 590. The summed E-state index contributed by atoms with van der Waals surface area (Å²) >= 11 is 0. The first-order valence-electron chi connectivity index (χ1n) is 8.64. The number of phenols is 1. The first-order valence-corrected chi connectivity index (χ1v) is 8.64. The molecular formula is C20H31NO. The lowest BCUT2D eigenvalue weighted by Crippen LogP contribution is -2.31. The van der Waals surface area contributed by atoms with E-state index in [2.05, 4.69) is 58.8 Å². The van der Waals surface area contributed by atoms with E-state index in [0.29, 0.717) is 22.5 Å². The number of aryl methyl sites for hydroxylation is 1. The Balaban J connectivity index is 2.05. The number of aromatic hydroxyl groups is 1. The predicted molar refractivity (Wildman–Crippen MR) is 92.2 cm³/mol. The number of nitrogens with zero attached hydrogens (tertiary/aromatic N) is 1. The highest BCUT2D eigenvalue weighted by molar-refractivity contribution is 5.47. The molecule has 0 heterocycles. The number of hydrogen-bond donors (Lipinski definition) is 1. The maximum atomic E-state index is 10.9. The molecule has 2 aliphatic rings. The zero-order valence-electron chi connectivity index (χ0n) is 15.0. The van der Waals surface area contributed by atoms with Crippen molar-refractivity contribution in [2.45, 2.75) is 59.4 Å². The van der Waals surface area contributed by atoms with Crippen molar-refractivity contribution in [1.29, 1.82) is 0 Å². The summed E-state index contributed by atoms with van der Waals surface area (Å²) in [5.74, 6) is 1.86. The van der Waals surface area contributed by atoms with Crippen molar-refractivity contribution in [2.24, 2.45) is 16.7 Å². The van der Waals surface area contributed by atoms with Gasteiger partial charge >= 0.3 is 0 Å². The van der Waals surface area contributed by atoms with Crippen LogP contribution in [0.3, 0.4) is 0 Å². The van der Waals surface area contributed by atoms with E-state index in [9.17, 15) is 5.11 Å². The van der Waals surface area contributed by atoms with Gasteiger partial charge in [-0.3, -0.25) is 0 Å². The van der Waals surface area contributed by atoms with Gasteiger partial charge in [0.05, 0.1) is 0 Å². The minimum absolute atomic E-state index is 0.318. The molecule has 3 rings (SSSR count). The largest absolute Gasteiger partial charge is 0.507 e. The van der Waals surface area contributed by atoms with Gasteiger partial charge in [-0.05, 0) is 68.5 Å². The Kier molecular flexibility index (Phi) is 3.60. The van der Waals surface area contributed by atoms with Crippen LogP contribution in [0.2, 0.25) is 0 Å². The Labute approximate surface area is 135 Å². The van der Waals surface area contributed by atoms with Crippen LogP contribution in [0.5, 0.6) is 5.75 Å². The summed E-state index contributed by atoms with van der Waals surface area (Å²) in [5, 5.41) is 10.9. The van der Waals surface area contributed by atoms with Crippen LogP contribution in [0.1, 0.15) is 62.6 Å². The first-order chi connectivity index (χ1) is 10.2. The van der Waals surface area contributed by atoms with E-state index in [4.69, 9.17) is 0 Å². The minimum Gasteiger partial charge on any atom is -0.507 e. The van der Waals surface area contributed by atoms with Gasteiger partial charge in [-0.25, -0.2) is 0 Å². The van der Waals surface area contributed by atoms with Gasteiger partial charge in [0.25, 0.3) is 0 Å². The maximum Gasteiger partial charge on any atom is 0.123 e. The van der Waals surface area contributed by atoms with Gasteiger partial charge in [-0.2, -0.15) is 0 Å². The van der Waals surface area contributed by atoms with E-state index < -0.39 is 0 Å². The standard InChI is InChI=1S/C20H31NO/c1-13-9-14(12-21(5)6)18(22)16(10-13)17-11-15-7-8-20(17,4)19(15,2)3/h9-10,15,17,22H,7-8,11-12H2,1-6H3. The molecule has 2 aliphatic carbocycles. The molecule has 2 nitrogen and oxygen atoms in total. The Hall–Kier alpha value is -1.02. The molecule has 0 amide bonds. The lowest BCUT2D eigenvalue weighted by Gasteiger charge is -2.40. The molecule has 1 N–H and O–H groups in total. The molecule has 0 saturated heterocycles. The number of rotatable bonds is 3. The van der Waals surface area contributed by atoms with Crippen LogP contribution in [0.4, 0.5) is 0 Å². The summed E-state index contributed by atoms with van der Waals surface area (Å²) in [6.07, 6.45) is 3.89. The number of fused-ring (bicyclic) bond motifs is 2. The van der Waals surface area contributed by atoms with E-state index in [1.807, 2.05) is 0 Å². The minimum atomic E-state index is 0.318. The number of hydrogen-bond acceptors (Lipinski definition) is 2. The van der Waals surface area contributed by atoms with Gasteiger partial charge in [0, 0.05) is 12.1 Å². The third-order valence-corrected chi connectivity index (χ3v) is 7.02. The summed E-state index contributed by atoms with van der Waals surface area (Å²) in [4.78, 5) is 2.13. The van der Waals surface area contributed by atoms with Crippen molar-refractivity contribution in [3.05, 3.63) is 28.8 Å². The second-order valence-electron chi connectivity index (χ2n) is 8.76. The summed E-state index contributed by atoms with van der Waals surface area (Å²) in [5.41, 5.74) is 4.25. The summed E-state index contributed by atoms with van der Waals surface area (Å²) in [6, 6.07) is 4.38. The van der Waals surface area contributed by atoms with Gasteiger partial charge in [0.1, 0.15) is 5.75 Å². The van der Waals surface area contributed by atoms with Crippen LogP contribution in [0.15, 0.2) is 12.1 Å². The van der Waals surface area contributed by atoms with E-state index in [-0.39, 0.29) is 0 Å². The van der Waals surface area contributed by atoms with E-state index >= 15 is 0 Å². The zero-order valence-corrected chi connectivity index (χ0v) is 15.0. The summed E-state index contributed by atoms with van der Waals surface area (Å²) in [7, 11) is 4.12. The molecule has 3 atom stereocenters. The molecule has 2 fully saturated rings. The second kappa shape index (κ2) is 4.99. The monoisotopic (exact) mass is 301 g/mol. The van der Waals surface area contributed by atoms with Crippen LogP contribution < -0.4 is 0 Å². The van der Waals surface area contributed by atoms with Gasteiger partial charge < -0.3 is 10.0 Å². The van der Waals surface area contributed by atoms with Crippen molar-refractivity contribution in [3.63, 3.8) is 0 Å². The Morgan fingerprint density at radius 3 is 2.41 bits per heavy atom. The van der Waals surface area contributed by atoms with E-state index in [0.717, 1.165) is 18.0 Å². The second-order valence-corrected chi connectivity index (χ2v) is 8.76. The SMILES string of the molecule is Cc1cc(CN(C)C)c(O)c(C2CC3CCC2(C)C3(C)C)c1.